The summed E-state index contributed by atoms with van der Waals surface area (Å²) in [6, 6.07) is 2.22. The van der Waals surface area contributed by atoms with Gasteiger partial charge in [-0.05, 0) is 24.7 Å². The highest BCUT2D eigenvalue weighted by Crippen LogP contribution is 2.40. The van der Waals surface area contributed by atoms with Crippen molar-refractivity contribution in [1.29, 1.82) is 0 Å². The minimum absolute atomic E-state index is 0.695. The minimum Gasteiger partial charge on any atom is -0.356 e. The van der Waals surface area contributed by atoms with E-state index in [9.17, 15) is 0 Å². The minimum atomic E-state index is 0.695. The smallest absolute Gasteiger partial charge is 0.132 e. The van der Waals surface area contributed by atoms with E-state index in [0.717, 1.165) is 43.8 Å². The molecule has 2 unspecified atom stereocenters. The maximum absolute atomic E-state index is 4.53. The average molecular weight is 325 g/mol. The highest BCUT2D eigenvalue weighted by atomic mass is 15.4. The van der Waals surface area contributed by atoms with Gasteiger partial charge >= 0.3 is 0 Å². The molecule has 2 aromatic rings. The first kappa shape index (κ1) is 14.3. The predicted molar refractivity (Wildman–Crippen MR) is 89.7 cm³/mol. The molecule has 2 atom stereocenters. The fourth-order valence-corrected chi connectivity index (χ4v) is 4.19. The van der Waals surface area contributed by atoms with Crippen LogP contribution >= 0.6 is 0 Å². The highest BCUT2D eigenvalue weighted by molar-refractivity contribution is 5.42. The van der Waals surface area contributed by atoms with Crippen LogP contribution in [-0.4, -0.2) is 62.6 Å². The van der Waals surface area contributed by atoms with Gasteiger partial charge in [-0.15, -0.1) is 5.10 Å². The molecule has 0 aromatic carbocycles. The van der Waals surface area contributed by atoms with Gasteiger partial charge in [0.1, 0.15) is 12.1 Å². The standard InChI is InChI=1S/C17H23N7/c1-2-13(1)16-7-17(19-12-18-16)23-10-14-8-22(9-15(14)11-23)5-6-24-4-3-20-21-24/h3-4,7,12-15H,1-2,5-6,8-11H2. The molecule has 24 heavy (non-hydrogen) atoms. The number of rotatable bonds is 5. The average Bonchev–Trinajstić information content (AvgIpc) is 3.01. The van der Waals surface area contributed by atoms with Crippen LogP contribution in [0.4, 0.5) is 5.82 Å². The summed E-state index contributed by atoms with van der Waals surface area (Å²) in [5.74, 6) is 3.36. The van der Waals surface area contributed by atoms with Gasteiger partial charge in [0.2, 0.25) is 0 Å². The molecule has 2 aromatic heterocycles. The molecule has 126 valence electrons. The topological polar surface area (TPSA) is 63.0 Å². The van der Waals surface area contributed by atoms with Crippen molar-refractivity contribution < 1.29 is 0 Å². The van der Waals surface area contributed by atoms with E-state index >= 15 is 0 Å². The number of nitrogens with zero attached hydrogens (tertiary/aromatic N) is 7. The Balaban J connectivity index is 1.18. The zero-order chi connectivity index (χ0) is 15.9. The van der Waals surface area contributed by atoms with Gasteiger partial charge < -0.3 is 9.80 Å². The molecule has 7 heteroatoms. The normalized spacial score (nSPS) is 26.9. The van der Waals surface area contributed by atoms with E-state index in [1.165, 1.54) is 31.6 Å². The molecule has 2 saturated heterocycles. The lowest BCUT2D eigenvalue weighted by Gasteiger charge is -2.22. The Hall–Kier alpha value is -2.02. The summed E-state index contributed by atoms with van der Waals surface area (Å²) in [5, 5.41) is 7.91. The molecule has 0 N–H and O–H groups in total. The van der Waals surface area contributed by atoms with Crippen LogP contribution in [0.2, 0.25) is 0 Å². The third-order valence-corrected chi connectivity index (χ3v) is 5.67. The van der Waals surface area contributed by atoms with Crippen molar-refractivity contribution in [2.24, 2.45) is 11.8 Å². The van der Waals surface area contributed by atoms with Crippen LogP contribution in [-0.2, 0) is 6.54 Å². The van der Waals surface area contributed by atoms with Crippen molar-refractivity contribution in [3.8, 4) is 0 Å². The van der Waals surface area contributed by atoms with E-state index in [1.54, 1.807) is 12.5 Å². The Morgan fingerprint density at radius 2 is 1.83 bits per heavy atom. The molecule has 4 heterocycles. The Bertz CT molecular complexity index is 683. The Morgan fingerprint density at radius 1 is 1.00 bits per heavy atom. The Morgan fingerprint density at radius 3 is 2.54 bits per heavy atom. The second kappa shape index (κ2) is 5.81. The lowest BCUT2D eigenvalue weighted by Crippen LogP contribution is -2.31. The fourth-order valence-electron chi connectivity index (χ4n) is 4.19. The molecule has 2 aliphatic heterocycles. The summed E-state index contributed by atoms with van der Waals surface area (Å²) < 4.78 is 1.92. The van der Waals surface area contributed by atoms with Crippen LogP contribution in [0.5, 0.6) is 0 Å². The lowest BCUT2D eigenvalue weighted by atomic mass is 10.0. The van der Waals surface area contributed by atoms with Gasteiger partial charge in [0, 0.05) is 56.6 Å². The van der Waals surface area contributed by atoms with Crippen molar-refractivity contribution >= 4 is 5.82 Å². The van der Waals surface area contributed by atoms with Gasteiger partial charge in [0.25, 0.3) is 0 Å². The Labute approximate surface area is 141 Å². The number of aromatic nitrogens is 5. The van der Waals surface area contributed by atoms with Crippen LogP contribution < -0.4 is 4.90 Å². The van der Waals surface area contributed by atoms with Gasteiger partial charge in [-0.1, -0.05) is 5.21 Å². The summed E-state index contributed by atoms with van der Waals surface area (Å²) in [6.07, 6.45) is 8.02. The van der Waals surface area contributed by atoms with Crippen LogP contribution in [0.25, 0.3) is 0 Å². The number of likely N-dealkylation sites (tertiary alicyclic amines) is 1. The van der Waals surface area contributed by atoms with Crippen molar-refractivity contribution in [2.75, 3.05) is 37.6 Å². The molecule has 3 aliphatic rings. The number of anilines is 1. The maximum atomic E-state index is 4.53. The number of hydrogen-bond donors (Lipinski definition) is 0. The van der Waals surface area contributed by atoms with Crippen molar-refractivity contribution in [3.63, 3.8) is 0 Å². The van der Waals surface area contributed by atoms with E-state index in [-0.39, 0.29) is 0 Å². The maximum Gasteiger partial charge on any atom is 0.132 e. The second-order valence-corrected chi connectivity index (χ2v) is 7.43. The second-order valence-electron chi connectivity index (χ2n) is 7.43. The number of hydrogen-bond acceptors (Lipinski definition) is 6. The summed E-state index contributed by atoms with van der Waals surface area (Å²) in [6.45, 7) is 6.64. The SMILES string of the molecule is c1cn(CCN2CC3CN(c4cc(C5CC5)ncn4)CC3C2)nn1. The number of fused-ring (bicyclic) bond motifs is 1. The van der Waals surface area contributed by atoms with Crippen LogP contribution in [0, 0.1) is 11.8 Å². The molecular formula is C17H23N7. The summed E-state index contributed by atoms with van der Waals surface area (Å²) in [7, 11) is 0. The van der Waals surface area contributed by atoms with Crippen LogP contribution in [0.3, 0.4) is 0 Å². The monoisotopic (exact) mass is 325 g/mol. The summed E-state index contributed by atoms with van der Waals surface area (Å²) in [5.41, 5.74) is 1.24. The van der Waals surface area contributed by atoms with Crippen molar-refractivity contribution in [1.82, 2.24) is 29.9 Å². The Kier molecular flexibility index (Phi) is 3.47. The fraction of sp³-hybridized carbons (Fsp3) is 0.647. The molecule has 5 rings (SSSR count). The van der Waals surface area contributed by atoms with Gasteiger partial charge in [0.15, 0.2) is 0 Å². The molecule has 7 nitrogen and oxygen atoms in total. The van der Waals surface area contributed by atoms with E-state index in [2.05, 4.69) is 36.1 Å². The quantitative estimate of drug-likeness (QED) is 0.818. The molecule has 0 spiro atoms. The zero-order valence-electron chi connectivity index (χ0n) is 13.8. The lowest BCUT2D eigenvalue weighted by molar-refractivity contribution is 0.295. The van der Waals surface area contributed by atoms with Gasteiger partial charge in [-0.2, -0.15) is 0 Å². The molecule has 3 fully saturated rings. The largest absolute Gasteiger partial charge is 0.356 e. The molecule has 0 amide bonds. The van der Waals surface area contributed by atoms with Gasteiger partial charge in [-0.25, -0.2) is 9.97 Å². The molecule has 1 saturated carbocycles. The summed E-state index contributed by atoms with van der Waals surface area (Å²) in [4.78, 5) is 14.0. The van der Waals surface area contributed by atoms with Gasteiger partial charge in [0.05, 0.1) is 12.7 Å². The summed E-state index contributed by atoms with van der Waals surface area (Å²) >= 11 is 0. The molecule has 0 radical (unpaired) electrons. The molecule has 0 bridgehead atoms. The van der Waals surface area contributed by atoms with Crippen molar-refractivity contribution in [2.45, 2.75) is 25.3 Å². The van der Waals surface area contributed by atoms with E-state index in [1.807, 2.05) is 10.9 Å². The highest BCUT2D eigenvalue weighted by Gasteiger charge is 2.40. The van der Waals surface area contributed by atoms with Crippen LogP contribution in [0.1, 0.15) is 24.5 Å². The van der Waals surface area contributed by atoms with E-state index < -0.39 is 0 Å². The van der Waals surface area contributed by atoms with E-state index in [4.69, 9.17) is 0 Å². The van der Waals surface area contributed by atoms with E-state index in [0.29, 0.717) is 5.92 Å². The molecule has 1 aliphatic carbocycles. The first-order valence-corrected chi connectivity index (χ1v) is 8.98. The third kappa shape index (κ3) is 2.77. The zero-order valence-corrected chi connectivity index (χ0v) is 13.8. The van der Waals surface area contributed by atoms with Crippen LogP contribution in [0.15, 0.2) is 24.8 Å². The predicted octanol–water partition coefficient (Wildman–Crippen LogP) is 1.01. The third-order valence-electron chi connectivity index (χ3n) is 5.67. The van der Waals surface area contributed by atoms with Gasteiger partial charge in [-0.3, -0.25) is 4.68 Å². The first-order chi connectivity index (χ1) is 11.8. The molecular weight excluding hydrogens is 302 g/mol. The first-order valence-electron chi connectivity index (χ1n) is 8.98. The van der Waals surface area contributed by atoms with Crippen molar-refractivity contribution in [3.05, 3.63) is 30.5 Å².